The van der Waals surface area contributed by atoms with Crippen LogP contribution < -0.4 is 5.32 Å². The van der Waals surface area contributed by atoms with Crippen LogP contribution in [0.25, 0.3) is 5.69 Å². The molecule has 0 radical (unpaired) electrons. The highest BCUT2D eigenvalue weighted by Crippen LogP contribution is 2.21. The van der Waals surface area contributed by atoms with E-state index in [0.29, 0.717) is 18.8 Å². The van der Waals surface area contributed by atoms with Gasteiger partial charge in [0.25, 0.3) is 0 Å². The molecule has 0 amide bonds. The van der Waals surface area contributed by atoms with Crippen LogP contribution in [0.3, 0.4) is 0 Å². The summed E-state index contributed by atoms with van der Waals surface area (Å²) in [6.45, 7) is 4.06. The van der Waals surface area contributed by atoms with E-state index in [9.17, 15) is 4.39 Å². The molecule has 0 spiro atoms. The fourth-order valence-corrected chi connectivity index (χ4v) is 2.32. The van der Waals surface area contributed by atoms with E-state index >= 15 is 0 Å². The Bertz CT molecular complexity index is 568. The zero-order chi connectivity index (χ0) is 15.1. The summed E-state index contributed by atoms with van der Waals surface area (Å²) in [5.74, 6) is 0.664. The highest BCUT2D eigenvalue weighted by Gasteiger charge is 2.13. The van der Waals surface area contributed by atoms with Gasteiger partial charge in [-0.15, -0.1) is 0 Å². The molecule has 0 atom stereocenters. The molecular weight excluding hydrogens is 269 g/mol. The molecule has 2 rings (SSSR count). The van der Waals surface area contributed by atoms with Crippen molar-refractivity contribution >= 4 is 0 Å². The van der Waals surface area contributed by atoms with Crippen LogP contribution in [-0.2, 0) is 17.7 Å². The number of methoxy groups -OCH3 is 1. The van der Waals surface area contributed by atoms with Gasteiger partial charge in [-0.05, 0) is 18.1 Å². The van der Waals surface area contributed by atoms with Gasteiger partial charge in [-0.1, -0.05) is 19.1 Å². The van der Waals surface area contributed by atoms with Gasteiger partial charge in [-0.3, -0.25) is 0 Å². The number of ether oxygens (including phenoxy) is 1. The maximum atomic E-state index is 14.3. The third kappa shape index (κ3) is 3.89. The summed E-state index contributed by atoms with van der Waals surface area (Å²) in [7, 11) is 1.66. The molecule has 0 aliphatic rings. The first-order valence-corrected chi connectivity index (χ1v) is 7.27. The Morgan fingerprint density at radius 1 is 1.38 bits per heavy atom. The van der Waals surface area contributed by atoms with Gasteiger partial charge in [-0.2, -0.15) is 0 Å². The summed E-state index contributed by atoms with van der Waals surface area (Å²) in [6.07, 6.45) is 5.35. The summed E-state index contributed by atoms with van der Waals surface area (Å²) in [5, 5.41) is 3.26. The van der Waals surface area contributed by atoms with Gasteiger partial charge >= 0.3 is 0 Å². The van der Waals surface area contributed by atoms with Crippen molar-refractivity contribution in [3.05, 3.63) is 47.8 Å². The lowest BCUT2D eigenvalue weighted by molar-refractivity contribution is 0.199. The largest absolute Gasteiger partial charge is 0.383 e. The first-order valence-electron chi connectivity index (χ1n) is 7.27. The fraction of sp³-hybridized carbons (Fsp3) is 0.438. The minimum absolute atomic E-state index is 0.226. The standard InChI is InChI=1S/C16H22FN3O/c1-3-5-15-19-8-10-20(15)16-13(6-4-7-14(16)17)12-18-9-11-21-2/h4,6-8,10,18H,3,5,9,11-12H2,1-2H3. The third-order valence-corrected chi connectivity index (χ3v) is 3.30. The Balaban J connectivity index is 2.26. The van der Waals surface area contributed by atoms with Crippen molar-refractivity contribution in [3.63, 3.8) is 0 Å². The van der Waals surface area contributed by atoms with E-state index in [-0.39, 0.29) is 5.82 Å². The molecule has 1 N–H and O–H groups in total. The van der Waals surface area contributed by atoms with Crippen molar-refractivity contribution in [3.8, 4) is 5.69 Å². The van der Waals surface area contributed by atoms with E-state index in [1.54, 1.807) is 19.4 Å². The zero-order valence-corrected chi connectivity index (χ0v) is 12.6. The molecule has 21 heavy (non-hydrogen) atoms. The lowest BCUT2D eigenvalue weighted by Gasteiger charge is -2.14. The fourth-order valence-electron chi connectivity index (χ4n) is 2.32. The number of para-hydroxylation sites is 1. The first-order chi connectivity index (χ1) is 10.3. The minimum atomic E-state index is -0.226. The van der Waals surface area contributed by atoms with Crippen molar-refractivity contribution in [1.82, 2.24) is 14.9 Å². The summed E-state index contributed by atoms with van der Waals surface area (Å²) in [6, 6.07) is 5.17. The number of nitrogens with one attached hydrogen (secondary N) is 1. The van der Waals surface area contributed by atoms with Crippen LogP contribution in [0, 0.1) is 5.82 Å². The van der Waals surface area contributed by atoms with Crippen LogP contribution in [0.5, 0.6) is 0 Å². The molecule has 0 aliphatic carbocycles. The van der Waals surface area contributed by atoms with E-state index in [0.717, 1.165) is 30.8 Å². The molecule has 0 saturated carbocycles. The zero-order valence-electron chi connectivity index (χ0n) is 12.6. The van der Waals surface area contributed by atoms with Crippen molar-refractivity contribution < 1.29 is 9.13 Å². The second kappa shape index (κ2) is 7.90. The van der Waals surface area contributed by atoms with Crippen LogP contribution in [0.4, 0.5) is 4.39 Å². The van der Waals surface area contributed by atoms with Gasteiger partial charge in [0.15, 0.2) is 0 Å². The maximum Gasteiger partial charge on any atom is 0.147 e. The molecular formula is C16H22FN3O. The highest BCUT2D eigenvalue weighted by atomic mass is 19.1. The number of aryl methyl sites for hydroxylation is 1. The normalized spacial score (nSPS) is 11.0. The lowest BCUT2D eigenvalue weighted by Crippen LogP contribution is -2.20. The molecule has 114 valence electrons. The summed E-state index contributed by atoms with van der Waals surface area (Å²) in [5.41, 5.74) is 1.50. The highest BCUT2D eigenvalue weighted by molar-refractivity contribution is 5.43. The molecule has 0 saturated heterocycles. The third-order valence-electron chi connectivity index (χ3n) is 3.30. The number of benzene rings is 1. The number of nitrogens with zero attached hydrogens (tertiary/aromatic N) is 2. The lowest BCUT2D eigenvalue weighted by atomic mass is 10.1. The molecule has 0 aliphatic heterocycles. The van der Waals surface area contributed by atoms with Crippen molar-refractivity contribution in [2.45, 2.75) is 26.3 Å². The van der Waals surface area contributed by atoms with E-state index in [1.807, 2.05) is 16.8 Å². The second-order valence-electron chi connectivity index (χ2n) is 4.88. The van der Waals surface area contributed by atoms with E-state index in [1.165, 1.54) is 6.07 Å². The molecule has 0 fully saturated rings. The molecule has 0 bridgehead atoms. The summed E-state index contributed by atoms with van der Waals surface area (Å²) < 4.78 is 21.2. The molecule has 4 nitrogen and oxygen atoms in total. The molecule has 5 heteroatoms. The average molecular weight is 291 g/mol. The number of aromatic nitrogens is 2. The number of hydrogen-bond acceptors (Lipinski definition) is 3. The van der Waals surface area contributed by atoms with Crippen LogP contribution in [-0.4, -0.2) is 29.8 Å². The van der Waals surface area contributed by atoms with Crippen molar-refractivity contribution in [2.75, 3.05) is 20.3 Å². The average Bonchev–Trinajstić information content (AvgIpc) is 2.92. The van der Waals surface area contributed by atoms with Gasteiger partial charge < -0.3 is 14.6 Å². The van der Waals surface area contributed by atoms with E-state index < -0.39 is 0 Å². The molecule has 0 unspecified atom stereocenters. The number of hydrogen-bond donors (Lipinski definition) is 1. The first kappa shape index (κ1) is 15.7. The van der Waals surface area contributed by atoms with Crippen molar-refractivity contribution in [2.24, 2.45) is 0 Å². The molecule has 2 aromatic rings. The smallest absolute Gasteiger partial charge is 0.147 e. The predicted molar refractivity (Wildman–Crippen MR) is 81.1 cm³/mol. The SMILES string of the molecule is CCCc1nccn1-c1c(F)cccc1CNCCOC. The Labute approximate surface area is 125 Å². The Morgan fingerprint density at radius 3 is 3.00 bits per heavy atom. The van der Waals surface area contributed by atoms with E-state index in [2.05, 4.69) is 17.2 Å². The predicted octanol–water partition coefficient (Wildman–Crippen LogP) is 2.70. The second-order valence-corrected chi connectivity index (χ2v) is 4.88. The van der Waals surface area contributed by atoms with Crippen LogP contribution in [0.2, 0.25) is 0 Å². The maximum absolute atomic E-state index is 14.3. The molecule has 1 aromatic heterocycles. The van der Waals surface area contributed by atoms with Crippen LogP contribution in [0.1, 0.15) is 24.7 Å². The van der Waals surface area contributed by atoms with Crippen LogP contribution in [0.15, 0.2) is 30.6 Å². The minimum Gasteiger partial charge on any atom is -0.383 e. The van der Waals surface area contributed by atoms with Gasteiger partial charge in [0, 0.05) is 39.0 Å². The van der Waals surface area contributed by atoms with Gasteiger partial charge in [0.2, 0.25) is 0 Å². The Morgan fingerprint density at radius 2 is 2.24 bits per heavy atom. The molecule has 1 heterocycles. The number of halogens is 1. The topological polar surface area (TPSA) is 39.1 Å². The van der Waals surface area contributed by atoms with Gasteiger partial charge in [0.1, 0.15) is 11.6 Å². The Kier molecular flexibility index (Phi) is 5.90. The quantitative estimate of drug-likeness (QED) is 0.760. The monoisotopic (exact) mass is 291 g/mol. The van der Waals surface area contributed by atoms with Gasteiger partial charge in [0.05, 0.1) is 12.3 Å². The molecule has 1 aromatic carbocycles. The van der Waals surface area contributed by atoms with Gasteiger partial charge in [-0.25, -0.2) is 9.37 Å². The summed E-state index contributed by atoms with van der Waals surface area (Å²) in [4.78, 5) is 4.33. The Hall–Kier alpha value is -1.72. The number of rotatable bonds is 8. The van der Waals surface area contributed by atoms with Crippen molar-refractivity contribution in [1.29, 1.82) is 0 Å². The van der Waals surface area contributed by atoms with Crippen LogP contribution >= 0.6 is 0 Å². The van der Waals surface area contributed by atoms with E-state index in [4.69, 9.17) is 4.74 Å². The number of imidazole rings is 1. The summed E-state index contributed by atoms with van der Waals surface area (Å²) >= 11 is 0.